The number of aliphatic hydroxyl groups excluding tert-OH is 1. The molecule has 0 aliphatic heterocycles. The minimum absolute atomic E-state index is 0.0257. The predicted molar refractivity (Wildman–Crippen MR) is 51.0 cm³/mol. The third-order valence-electron chi connectivity index (χ3n) is 2.28. The minimum atomic E-state index is -0.478. The van der Waals surface area contributed by atoms with Crippen molar-refractivity contribution in [2.24, 2.45) is 0 Å². The Morgan fingerprint density at radius 2 is 2.00 bits per heavy atom. The molecule has 1 N–H and O–H groups in total. The van der Waals surface area contributed by atoms with E-state index in [-0.39, 0.29) is 12.4 Å². The number of hydrogen-bond acceptors (Lipinski definition) is 1. The molecule has 0 amide bonds. The van der Waals surface area contributed by atoms with Crippen molar-refractivity contribution in [3.05, 3.63) is 48.3 Å². The number of rotatable bonds is 3. The van der Waals surface area contributed by atoms with E-state index in [1.54, 1.807) is 18.2 Å². The lowest BCUT2D eigenvalue weighted by Crippen LogP contribution is -2.23. The molecule has 1 aromatic carbocycles. The fraction of sp³-hybridized carbons (Fsp3) is 0.273. The number of hydrogen-bond donors (Lipinski definition) is 1. The summed E-state index contributed by atoms with van der Waals surface area (Å²) in [6.45, 7) is 5.48. The highest BCUT2D eigenvalue weighted by Crippen LogP contribution is 2.24. The van der Waals surface area contributed by atoms with Crippen molar-refractivity contribution in [3.8, 4) is 0 Å². The molecule has 1 rings (SSSR count). The van der Waals surface area contributed by atoms with Crippen molar-refractivity contribution in [1.29, 1.82) is 0 Å². The van der Waals surface area contributed by atoms with Crippen LogP contribution in [0.2, 0.25) is 0 Å². The second kappa shape index (κ2) is 3.71. The fourth-order valence-electron chi connectivity index (χ4n) is 1.10. The van der Waals surface area contributed by atoms with Crippen LogP contribution in [0.5, 0.6) is 0 Å². The van der Waals surface area contributed by atoms with Gasteiger partial charge in [-0.1, -0.05) is 18.2 Å². The minimum Gasteiger partial charge on any atom is -0.395 e. The lowest BCUT2D eigenvalue weighted by atomic mass is 9.84. The summed E-state index contributed by atoms with van der Waals surface area (Å²) < 4.78 is 12.6. The third kappa shape index (κ3) is 1.95. The lowest BCUT2D eigenvalue weighted by molar-refractivity contribution is 0.236. The van der Waals surface area contributed by atoms with E-state index < -0.39 is 5.41 Å². The molecule has 0 unspecified atom stereocenters. The van der Waals surface area contributed by atoms with E-state index in [1.807, 2.05) is 6.92 Å². The number of aliphatic hydroxyl groups is 1. The van der Waals surface area contributed by atoms with Crippen LogP contribution in [-0.2, 0) is 5.41 Å². The first kappa shape index (κ1) is 9.93. The van der Waals surface area contributed by atoms with Gasteiger partial charge in [0.15, 0.2) is 0 Å². The molecule has 13 heavy (non-hydrogen) atoms. The maximum absolute atomic E-state index is 12.6. The van der Waals surface area contributed by atoms with Crippen LogP contribution >= 0.6 is 0 Å². The molecule has 0 aliphatic carbocycles. The standard InChI is InChI=1S/C11H13FO/c1-3-11(2,8-13)9-4-6-10(12)7-5-9/h3-7,13H,1,8H2,2H3/t11-/m1/s1. The van der Waals surface area contributed by atoms with E-state index in [1.165, 1.54) is 12.1 Å². The van der Waals surface area contributed by atoms with Gasteiger partial charge in [0.05, 0.1) is 6.61 Å². The second-order valence-electron chi connectivity index (χ2n) is 3.29. The first-order valence-electron chi connectivity index (χ1n) is 4.13. The van der Waals surface area contributed by atoms with Gasteiger partial charge in [-0.05, 0) is 24.6 Å². The van der Waals surface area contributed by atoms with Crippen LogP contribution in [0.25, 0.3) is 0 Å². The zero-order valence-electron chi connectivity index (χ0n) is 7.63. The smallest absolute Gasteiger partial charge is 0.123 e. The van der Waals surface area contributed by atoms with Gasteiger partial charge in [-0.2, -0.15) is 0 Å². The van der Waals surface area contributed by atoms with Gasteiger partial charge in [0.25, 0.3) is 0 Å². The van der Waals surface area contributed by atoms with Crippen LogP contribution in [0.15, 0.2) is 36.9 Å². The van der Waals surface area contributed by atoms with Gasteiger partial charge in [-0.3, -0.25) is 0 Å². The molecule has 0 saturated carbocycles. The maximum Gasteiger partial charge on any atom is 0.123 e. The van der Waals surface area contributed by atoms with Gasteiger partial charge in [-0.15, -0.1) is 6.58 Å². The molecule has 1 aromatic rings. The zero-order chi connectivity index (χ0) is 9.90. The van der Waals surface area contributed by atoms with Crippen molar-refractivity contribution in [1.82, 2.24) is 0 Å². The van der Waals surface area contributed by atoms with Gasteiger partial charge in [0, 0.05) is 5.41 Å². The first-order valence-corrected chi connectivity index (χ1v) is 4.13. The van der Waals surface area contributed by atoms with Gasteiger partial charge >= 0.3 is 0 Å². The fourth-order valence-corrected chi connectivity index (χ4v) is 1.10. The maximum atomic E-state index is 12.6. The van der Waals surface area contributed by atoms with E-state index in [0.29, 0.717) is 0 Å². The Kier molecular flexibility index (Phi) is 2.83. The summed E-state index contributed by atoms with van der Waals surface area (Å²) in [5, 5.41) is 9.14. The highest BCUT2D eigenvalue weighted by Gasteiger charge is 2.21. The van der Waals surface area contributed by atoms with Crippen LogP contribution in [0.4, 0.5) is 4.39 Å². The monoisotopic (exact) mass is 180 g/mol. The summed E-state index contributed by atoms with van der Waals surface area (Å²) in [5.74, 6) is -0.270. The van der Waals surface area contributed by atoms with Crippen molar-refractivity contribution in [2.75, 3.05) is 6.61 Å². The SMILES string of the molecule is C=C[C@](C)(CO)c1ccc(F)cc1. The molecular weight excluding hydrogens is 167 g/mol. The third-order valence-corrected chi connectivity index (χ3v) is 2.28. The molecule has 2 heteroatoms. The Balaban J connectivity index is 3.06. The zero-order valence-corrected chi connectivity index (χ0v) is 7.63. The van der Waals surface area contributed by atoms with E-state index >= 15 is 0 Å². The molecule has 0 radical (unpaired) electrons. The average molecular weight is 180 g/mol. The summed E-state index contributed by atoms with van der Waals surface area (Å²) in [4.78, 5) is 0. The Labute approximate surface area is 77.5 Å². The average Bonchev–Trinajstić information content (AvgIpc) is 2.18. The molecule has 1 atom stereocenters. The molecule has 0 aromatic heterocycles. The van der Waals surface area contributed by atoms with Gasteiger partial charge in [-0.25, -0.2) is 4.39 Å². The normalized spacial score (nSPS) is 15.0. The molecule has 1 nitrogen and oxygen atoms in total. The Morgan fingerprint density at radius 3 is 2.38 bits per heavy atom. The van der Waals surface area contributed by atoms with Gasteiger partial charge in [0.1, 0.15) is 5.82 Å². The number of benzene rings is 1. The van der Waals surface area contributed by atoms with Crippen molar-refractivity contribution >= 4 is 0 Å². The predicted octanol–water partition coefficient (Wildman–Crippen LogP) is 2.26. The van der Waals surface area contributed by atoms with Crippen LogP contribution in [0.1, 0.15) is 12.5 Å². The highest BCUT2D eigenvalue weighted by atomic mass is 19.1. The highest BCUT2D eigenvalue weighted by molar-refractivity contribution is 5.29. The second-order valence-corrected chi connectivity index (χ2v) is 3.29. The van der Waals surface area contributed by atoms with Crippen LogP contribution in [0, 0.1) is 5.82 Å². The summed E-state index contributed by atoms with van der Waals surface area (Å²) in [5.41, 5.74) is 0.389. The molecular formula is C11H13FO. The lowest BCUT2D eigenvalue weighted by Gasteiger charge is -2.23. The van der Waals surface area contributed by atoms with E-state index in [2.05, 4.69) is 6.58 Å². The Hall–Kier alpha value is -1.15. The first-order chi connectivity index (χ1) is 6.12. The molecule has 0 heterocycles. The van der Waals surface area contributed by atoms with Gasteiger partial charge in [0.2, 0.25) is 0 Å². The molecule has 0 bridgehead atoms. The summed E-state index contributed by atoms with van der Waals surface area (Å²) in [6.07, 6.45) is 1.67. The van der Waals surface area contributed by atoms with E-state index in [9.17, 15) is 4.39 Å². The Morgan fingerprint density at radius 1 is 1.46 bits per heavy atom. The number of halogens is 1. The molecule has 0 aliphatic rings. The summed E-state index contributed by atoms with van der Waals surface area (Å²) in [7, 11) is 0. The van der Waals surface area contributed by atoms with Crippen LogP contribution in [0.3, 0.4) is 0 Å². The van der Waals surface area contributed by atoms with Crippen LogP contribution < -0.4 is 0 Å². The summed E-state index contributed by atoms with van der Waals surface area (Å²) >= 11 is 0. The van der Waals surface area contributed by atoms with E-state index in [4.69, 9.17) is 5.11 Å². The van der Waals surface area contributed by atoms with Crippen molar-refractivity contribution < 1.29 is 9.50 Å². The van der Waals surface area contributed by atoms with E-state index in [0.717, 1.165) is 5.56 Å². The molecule has 0 spiro atoms. The van der Waals surface area contributed by atoms with Crippen molar-refractivity contribution in [2.45, 2.75) is 12.3 Å². The molecule has 0 saturated heterocycles. The Bertz CT molecular complexity index is 291. The van der Waals surface area contributed by atoms with Gasteiger partial charge < -0.3 is 5.11 Å². The summed E-state index contributed by atoms with van der Waals surface area (Å²) in [6, 6.07) is 6.08. The van der Waals surface area contributed by atoms with Crippen molar-refractivity contribution in [3.63, 3.8) is 0 Å². The quantitative estimate of drug-likeness (QED) is 0.707. The molecule has 70 valence electrons. The topological polar surface area (TPSA) is 20.2 Å². The molecule has 0 fully saturated rings. The largest absolute Gasteiger partial charge is 0.395 e. The van der Waals surface area contributed by atoms with Crippen LogP contribution in [-0.4, -0.2) is 11.7 Å².